The second kappa shape index (κ2) is 6.46. The quantitative estimate of drug-likeness (QED) is 0.703. The van der Waals surface area contributed by atoms with E-state index in [4.69, 9.17) is 4.74 Å². The van der Waals surface area contributed by atoms with Gasteiger partial charge in [-0.15, -0.1) is 0 Å². The van der Waals surface area contributed by atoms with Crippen LogP contribution in [0.25, 0.3) is 10.9 Å². The topological polar surface area (TPSA) is 77.3 Å². The van der Waals surface area contributed by atoms with Crippen molar-refractivity contribution in [3.63, 3.8) is 0 Å². The van der Waals surface area contributed by atoms with E-state index in [2.05, 4.69) is 10.1 Å². The summed E-state index contributed by atoms with van der Waals surface area (Å²) in [6.45, 7) is 2.86. The summed E-state index contributed by atoms with van der Waals surface area (Å²) in [5, 5.41) is 4.97. The zero-order chi connectivity index (χ0) is 18.3. The average molecular weight is 372 g/mol. The maximum atomic E-state index is 13.3. The highest BCUT2D eigenvalue weighted by Crippen LogP contribution is 2.29. The number of pyridine rings is 1. The molecule has 1 aromatic carbocycles. The lowest BCUT2D eigenvalue weighted by Crippen LogP contribution is -2.42. The fourth-order valence-corrected chi connectivity index (χ4v) is 4.83. The third-order valence-electron chi connectivity index (χ3n) is 4.55. The van der Waals surface area contributed by atoms with Crippen molar-refractivity contribution in [1.29, 1.82) is 0 Å². The summed E-state index contributed by atoms with van der Waals surface area (Å²) in [7, 11) is -1.85. The summed E-state index contributed by atoms with van der Waals surface area (Å²) in [5.74, 6) is 0. The largest absolute Gasteiger partial charge is 0.371 e. The standard InChI is InChI=1S/C18H20N4O3S/c1-13-8-14-4-3-5-17(18(14)19-9-13)26(23,24)22-6-7-25-16(12-22)15-10-20-21(2)11-15/h3-5,8-11,16H,6-7,12H2,1-2H3/t16-/m1/s1. The minimum atomic E-state index is -3.67. The summed E-state index contributed by atoms with van der Waals surface area (Å²) in [6.07, 6.45) is 4.93. The van der Waals surface area contributed by atoms with E-state index in [9.17, 15) is 8.42 Å². The number of hydrogen-bond acceptors (Lipinski definition) is 5. The van der Waals surface area contributed by atoms with Crippen LogP contribution in [0.5, 0.6) is 0 Å². The van der Waals surface area contributed by atoms with Gasteiger partial charge in [-0.2, -0.15) is 9.40 Å². The monoisotopic (exact) mass is 372 g/mol. The van der Waals surface area contributed by atoms with Crippen LogP contribution in [0, 0.1) is 6.92 Å². The molecule has 0 radical (unpaired) electrons. The van der Waals surface area contributed by atoms with Gasteiger partial charge >= 0.3 is 0 Å². The van der Waals surface area contributed by atoms with Gasteiger partial charge in [-0.05, 0) is 24.6 Å². The van der Waals surface area contributed by atoms with Gasteiger partial charge in [0.05, 0.1) is 24.4 Å². The first-order valence-electron chi connectivity index (χ1n) is 8.41. The first-order valence-corrected chi connectivity index (χ1v) is 9.85. The van der Waals surface area contributed by atoms with Crippen molar-refractivity contribution in [2.75, 3.05) is 19.7 Å². The lowest BCUT2D eigenvalue weighted by molar-refractivity contribution is -0.00257. The number of aryl methyl sites for hydroxylation is 2. The van der Waals surface area contributed by atoms with Crippen molar-refractivity contribution in [2.24, 2.45) is 7.05 Å². The molecule has 4 rings (SSSR count). The molecule has 0 bridgehead atoms. The number of para-hydroxylation sites is 1. The Bertz CT molecular complexity index is 1060. The molecule has 0 amide bonds. The van der Waals surface area contributed by atoms with Crippen molar-refractivity contribution >= 4 is 20.9 Å². The van der Waals surface area contributed by atoms with E-state index >= 15 is 0 Å². The molecule has 2 aromatic heterocycles. The highest BCUT2D eigenvalue weighted by Gasteiger charge is 2.33. The number of aromatic nitrogens is 3. The number of sulfonamides is 1. The Balaban J connectivity index is 1.70. The highest BCUT2D eigenvalue weighted by atomic mass is 32.2. The molecule has 0 saturated carbocycles. The molecule has 0 aliphatic carbocycles. The maximum Gasteiger partial charge on any atom is 0.245 e. The third-order valence-corrected chi connectivity index (χ3v) is 6.45. The van der Waals surface area contributed by atoms with Crippen molar-refractivity contribution in [3.05, 3.63) is 54.0 Å². The molecule has 3 heterocycles. The molecule has 8 heteroatoms. The number of nitrogens with zero attached hydrogens (tertiary/aromatic N) is 4. The van der Waals surface area contributed by atoms with Crippen LogP contribution in [-0.2, 0) is 21.8 Å². The van der Waals surface area contributed by atoms with E-state index in [0.717, 1.165) is 16.5 Å². The van der Waals surface area contributed by atoms with E-state index in [0.29, 0.717) is 18.7 Å². The van der Waals surface area contributed by atoms with E-state index in [-0.39, 0.29) is 17.5 Å². The second-order valence-electron chi connectivity index (χ2n) is 6.51. The molecule has 7 nitrogen and oxygen atoms in total. The van der Waals surface area contributed by atoms with E-state index in [1.54, 1.807) is 29.2 Å². The molecule has 1 aliphatic rings. The van der Waals surface area contributed by atoms with E-state index in [1.807, 2.05) is 32.3 Å². The lowest BCUT2D eigenvalue weighted by Gasteiger charge is -2.31. The fraction of sp³-hybridized carbons (Fsp3) is 0.333. The molecule has 1 saturated heterocycles. The molecule has 3 aromatic rings. The highest BCUT2D eigenvalue weighted by molar-refractivity contribution is 7.89. The van der Waals surface area contributed by atoms with Crippen LogP contribution in [0.2, 0.25) is 0 Å². The zero-order valence-corrected chi connectivity index (χ0v) is 15.5. The first kappa shape index (κ1) is 17.1. The predicted molar refractivity (Wildman–Crippen MR) is 97.1 cm³/mol. The normalized spacial score (nSPS) is 19.1. The van der Waals surface area contributed by atoms with Gasteiger partial charge in [-0.25, -0.2) is 8.42 Å². The SMILES string of the molecule is Cc1cnc2c(S(=O)(=O)N3CCO[C@@H](c4cnn(C)c4)C3)cccc2c1. The van der Waals surface area contributed by atoms with Crippen LogP contribution in [0.4, 0.5) is 0 Å². The van der Waals surface area contributed by atoms with E-state index < -0.39 is 10.0 Å². The molecule has 1 aliphatic heterocycles. The Labute approximate surface area is 152 Å². The van der Waals surface area contributed by atoms with Crippen LogP contribution >= 0.6 is 0 Å². The second-order valence-corrected chi connectivity index (χ2v) is 8.42. The van der Waals surface area contributed by atoms with Gasteiger partial charge in [0.15, 0.2) is 0 Å². The molecule has 0 spiro atoms. The van der Waals surface area contributed by atoms with Crippen molar-refractivity contribution < 1.29 is 13.2 Å². The summed E-state index contributed by atoms with van der Waals surface area (Å²) < 4.78 is 35.5. The number of hydrogen-bond donors (Lipinski definition) is 0. The molecule has 1 atom stereocenters. The molecule has 0 N–H and O–H groups in total. The lowest BCUT2D eigenvalue weighted by atomic mass is 10.2. The number of morpholine rings is 1. The number of ether oxygens (including phenoxy) is 1. The van der Waals surface area contributed by atoms with Crippen LogP contribution in [0.1, 0.15) is 17.2 Å². The minimum absolute atomic E-state index is 0.238. The first-order chi connectivity index (χ1) is 12.4. The van der Waals surface area contributed by atoms with Gasteiger partial charge in [0, 0.05) is 43.5 Å². The number of benzene rings is 1. The zero-order valence-electron chi connectivity index (χ0n) is 14.7. The van der Waals surface area contributed by atoms with Crippen LogP contribution < -0.4 is 0 Å². The summed E-state index contributed by atoms with van der Waals surface area (Å²) in [6, 6.07) is 7.20. The van der Waals surface area contributed by atoms with Crippen molar-refractivity contribution in [2.45, 2.75) is 17.9 Å². The van der Waals surface area contributed by atoms with Gasteiger partial charge in [0.1, 0.15) is 4.90 Å². The molecule has 26 heavy (non-hydrogen) atoms. The number of fused-ring (bicyclic) bond motifs is 1. The maximum absolute atomic E-state index is 13.3. The van der Waals surface area contributed by atoms with Gasteiger partial charge in [0.2, 0.25) is 10.0 Å². The average Bonchev–Trinajstić information content (AvgIpc) is 3.07. The Morgan fingerprint density at radius 3 is 2.88 bits per heavy atom. The van der Waals surface area contributed by atoms with Crippen LogP contribution in [0.3, 0.4) is 0 Å². The number of rotatable bonds is 3. The molecule has 1 fully saturated rings. The minimum Gasteiger partial charge on any atom is -0.371 e. The molecule has 0 unspecified atom stereocenters. The Morgan fingerprint density at radius 2 is 2.12 bits per heavy atom. The van der Waals surface area contributed by atoms with Gasteiger partial charge in [0.25, 0.3) is 0 Å². The van der Waals surface area contributed by atoms with E-state index in [1.165, 1.54) is 4.31 Å². The Hall–Kier alpha value is -2.29. The third kappa shape index (κ3) is 3.00. The predicted octanol–water partition coefficient (Wildman–Crippen LogP) is 2.04. The summed E-state index contributed by atoms with van der Waals surface area (Å²) in [5.41, 5.74) is 2.37. The Morgan fingerprint density at radius 1 is 1.27 bits per heavy atom. The van der Waals surface area contributed by atoms with Gasteiger partial charge < -0.3 is 4.74 Å². The summed E-state index contributed by atoms with van der Waals surface area (Å²) in [4.78, 5) is 4.61. The smallest absolute Gasteiger partial charge is 0.245 e. The molecular formula is C18H20N4O3S. The fourth-order valence-electron chi connectivity index (χ4n) is 3.24. The molecular weight excluding hydrogens is 352 g/mol. The van der Waals surface area contributed by atoms with Crippen LogP contribution in [-0.4, -0.2) is 47.2 Å². The van der Waals surface area contributed by atoms with Crippen LogP contribution in [0.15, 0.2) is 47.8 Å². The summed E-state index contributed by atoms with van der Waals surface area (Å²) >= 11 is 0. The Kier molecular flexibility index (Phi) is 4.26. The van der Waals surface area contributed by atoms with Crippen molar-refractivity contribution in [1.82, 2.24) is 19.1 Å². The van der Waals surface area contributed by atoms with Crippen molar-refractivity contribution in [3.8, 4) is 0 Å². The van der Waals surface area contributed by atoms with Gasteiger partial charge in [-0.1, -0.05) is 12.1 Å². The molecule has 136 valence electrons. The van der Waals surface area contributed by atoms with Gasteiger partial charge in [-0.3, -0.25) is 9.67 Å².